The van der Waals surface area contributed by atoms with Crippen LogP contribution in [-0.2, 0) is 5.41 Å². The summed E-state index contributed by atoms with van der Waals surface area (Å²) in [6, 6.07) is 9.13. The molecule has 1 aliphatic carbocycles. The molecule has 1 aliphatic rings. The smallest absolute Gasteiger partial charge is 0.191 e. The number of aryl methyl sites for hydroxylation is 1. The molecule has 0 bridgehead atoms. The molecular formula is C17H28IN3. The number of nitrogens with one attached hydrogen (secondary N) is 2. The van der Waals surface area contributed by atoms with Crippen LogP contribution in [0.4, 0.5) is 0 Å². The molecule has 4 heteroatoms. The van der Waals surface area contributed by atoms with E-state index in [0.717, 1.165) is 19.0 Å². The van der Waals surface area contributed by atoms with Gasteiger partial charge in [-0.15, -0.1) is 24.0 Å². The van der Waals surface area contributed by atoms with Crippen LogP contribution in [0.25, 0.3) is 0 Å². The topological polar surface area (TPSA) is 36.4 Å². The van der Waals surface area contributed by atoms with Crippen LogP contribution in [0.5, 0.6) is 0 Å². The molecular weight excluding hydrogens is 373 g/mol. The van der Waals surface area contributed by atoms with Crippen LogP contribution >= 0.6 is 24.0 Å². The third-order valence-corrected chi connectivity index (χ3v) is 3.88. The quantitative estimate of drug-likeness (QED) is 0.449. The molecule has 1 aromatic carbocycles. The fourth-order valence-electron chi connectivity index (χ4n) is 2.66. The molecule has 0 aliphatic heterocycles. The minimum absolute atomic E-state index is 0. The van der Waals surface area contributed by atoms with E-state index in [1.165, 1.54) is 24.0 Å². The van der Waals surface area contributed by atoms with Crippen LogP contribution in [0.3, 0.4) is 0 Å². The predicted octanol–water partition coefficient (Wildman–Crippen LogP) is 3.61. The molecule has 21 heavy (non-hydrogen) atoms. The molecule has 0 amide bonds. The van der Waals surface area contributed by atoms with E-state index in [1.54, 1.807) is 0 Å². The summed E-state index contributed by atoms with van der Waals surface area (Å²) in [5, 5.41) is 6.71. The van der Waals surface area contributed by atoms with E-state index >= 15 is 0 Å². The van der Waals surface area contributed by atoms with E-state index in [9.17, 15) is 0 Å². The van der Waals surface area contributed by atoms with Gasteiger partial charge in [0.25, 0.3) is 0 Å². The molecule has 3 nitrogen and oxygen atoms in total. The second kappa shape index (κ2) is 8.01. The molecule has 0 spiro atoms. The van der Waals surface area contributed by atoms with E-state index in [1.807, 2.05) is 0 Å². The van der Waals surface area contributed by atoms with Crippen LogP contribution < -0.4 is 10.6 Å². The van der Waals surface area contributed by atoms with Gasteiger partial charge in [0.15, 0.2) is 5.96 Å². The van der Waals surface area contributed by atoms with Crippen molar-refractivity contribution in [3.8, 4) is 0 Å². The second-order valence-electron chi connectivity index (χ2n) is 6.09. The first-order valence-corrected chi connectivity index (χ1v) is 7.68. The Morgan fingerprint density at radius 1 is 1.29 bits per heavy atom. The van der Waals surface area contributed by atoms with Gasteiger partial charge in [0.1, 0.15) is 0 Å². The third kappa shape index (κ3) is 4.87. The van der Waals surface area contributed by atoms with Gasteiger partial charge in [-0.05, 0) is 51.7 Å². The van der Waals surface area contributed by atoms with Gasteiger partial charge in [-0.1, -0.05) is 24.3 Å². The number of benzene rings is 1. The van der Waals surface area contributed by atoms with Gasteiger partial charge in [0, 0.05) is 18.0 Å². The molecule has 1 aromatic rings. The highest BCUT2D eigenvalue weighted by atomic mass is 127. The molecule has 1 saturated carbocycles. The van der Waals surface area contributed by atoms with E-state index in [4.69, 9.17) is 4.99 Å². The molecule has 2 N–H and O–H groups in total. The summed E-state index contributed by atoms with van der Waals surface area (Å²) in [7, 11) is 0. The first kappa shape index (κ1) is 18.3. The fourth-order valence-corrected chi connectivity index (χ4v) is 2.66. The van der Waals surface area contributed by atoms with Crippen molar-refractivity contribution in [2.75, 3.05) is 13.1 Å². The number of hydrogen-bond donors (Lipinski definition) is 2. The molecule has 0 unspecified atom stereocenters. The summed E-state index contributed by atoms with van der Waals surface area (Å²) < 4.78 is 0. The Kier molecular flexibility index (Phi) is 6.97. The van der Waals surface area contributed by atoms with Crippen LogP contribution in [0.2, 0.25) is 0 Å². The van der Waals surface area contributed by atoms with Gasteiger partial charge in [-0.2, -0.15) is 0 Å². The number of hydrogen-bond acceptors (Lipinski definition) is 1. The third-order valence-electron chi connectivity index (χ3n) is 3.88. The first-order valence-electron chi connectivity index (χ1n) is 7.68. The Labute approximate surface area is 146 Å². The molecule has 0 aromatic heterocycles. The fraction of sp³-hybridized carbons (Fsp3) is 0.588. The maximum absolute atomic E-state index is 4.80. The molecule has 118 valence electrons. The molecule has 1 fully saturated rings. The highest BCUT2D eigenvalue weighted by Gasteiger charge is 2.44. The first-order chi connectivity index (χ1) is 9.57. The van der Waals surface area contributed by atoms with Gasteiger partial charge in [-0.3, -0.25) is 4.99 Å². The van der Waals surface area contributed by atoms with E-state index in [2.05, 4.69) is 62.6 Å². The Balaban J connectivity index is 0.00000220. The van der Waals surface area contributed by atoms with Crippen LogP contribution in [0.1, 0.15) is 44.7 Å². The van der Waals surface area contributed by atoms with Gasteiger partial charge < -0.3 is 10.6 Å². The van der Waals surface area contributed by atoms with Crippen LogP contribution in [0.15, 0.2) is 29.3 Å². The lowest BCUT2D eigenvalue weighted by atomic mass is 9.92. The monoisotopic (exact) mass is 401 g/mol. The Hall–Kier alpha value is -0.780. The van der Waals surface area contributed by atoms with Crippen LogP contribution in [-0.4, -0.2) is 25.1 Å². The molecule has 0 radical (unpaired) electrons. The SMILES string of the molecule is CCNC(=NCC1(c2ccccc2C)CC1)NC(C)C.I. The van der Waals surface area contributed by atoms with Gasteiger partial charge in [0.05, 0.1) is 6.54 Å². The molecule has 0 heterocycles. The lowest BCUT2D eigenvalue weighted by molar-refractivity contribution is 0.667. The normalized spacial score (nSPS) is 16.3. The lowest BCUT2D eigenvalue weighted by Crippen LogP contribution is -2.41. The van der Waals surface area contributed by atoms with Crippen molar-refractivity contribution in [2.24, 2.45) is 4.99 Å². The summed E-state index contributed by atoms with van der Waals surface area (Å²) in [6.45, 7) is 10.4. The minimum Gasteiger partial charge on any atom is -0.357 e. The van der Waals surface area contributed by atoms with E-state index < -0.39 is 0 Å². The van der Waals surface area contributed by atoms with Crippen molar-refractivity contribution in [3.63, 3.8) is 0 Å². The maximum atomic E-state index is 4.80. The Bertz CT molecular complexity index is 479. The standard InChI is InChI=1S/C17H27N3.HI/c1-5-18-16(20-13(2)3)19-12-17(10-11-17)15-9-7-6-8-14(15)4;/h6-9,13H,5,10-12H2,1-4H3,(H2,18,19,20);1H. The summed E-state index contributed by atoms with van der Waals surface area (Å²) in [5.41, 5.74) is 3.15. The minimum atomic E-state index is 0. The summed E-state index contributed by atoms with van der Waals surface area (Å²) >= 11 is 0. The molecule has 0 atom stereocenters. The van der Waals surface area contributed by atoms with Crippen molar-refractivity contribution >= 4 is 29.9 Å². The van der Waals surface area contributed by atoms with Crippen molar-refractivity contribution < 1.29 is 0 Å². The molecule has 0 saturated heterocycles. The number of guanidine groups is 1. The second-order valence-corrected chi connectivity index (χ2v) is 6.09. The summed E-state index contributed by atoms with van der Waals surface area (Å²) in [6.07, 6.45) is 2.50. The maximum Gasteiger partial charge on any atom is 0.191 e. The van der Waals surface area contributed by atoms with E-state index in [-0.39, 0.29) is 29.4 Å². The van der Waals surface area contributed by atoms with Crippen LogP contribution in [0, 0.1) is 6.92 Å². The zero-order chi connectivity index (χ0) is 14.6. The van der Waals surface area contributed by atoms with Gasteiger partial charge in [-0.25, -0.2) is 0 Å². The Morgan fingerprint density at radius 2 is 1.95 bits per heavy atom. The van der Waals surface area contributed by atoms with Gasteiger partial charge in [0.2, 0.25) is 0 Å². The summed E-state index contributed by atoms with van der Waals surface area (Å²) in [4.78, 5) is 4.80. The zero-order valence-electron chi connectivity index (χ0n) is 13.6. The molecule has 2 rings (SSSR count). The lowest BCUT2D eigenvalue weighted by Gasteiger charge is -2.18. The highest BCUT2D eigenvalue weighted by molar-refractivity contribution is 14.0. The zero-order valence-corrected chi connectivity index (χ0v) is 15.9. The van der Waals surface area contributed by atoms with Crippen molar-refractivity contribution in [2.45, 2.75) is 52.0 Å². The average Bonchev–Trinajstić information content (AvgIpc) is 3.17. The van der Waals surface area contributed by atoms with Crippen molar-refractivity contribution in [1.29, 1.82) is 0 Å². The van der Waals surface area contributed by atoms with Crippen molar-refractivity contribution in [3.05, 3.63) is 35.4 Å². The number of rotatable bonds is 5. The largest absolute Gasteiger partial charge is 0.357 e. The predicted molar refractivity (Wildman–Crippen MR) is 102 cm³/mol. The van der Waals surface area contributed by atoms with Crippen molar-refractivity contribution in [1.82, 2.24) is 10.6 Å². The average molecular weight is 401 g/mol. The highest BCUT2D eigenvalue weighted by Crippen LogP contribution is 2.49. The van der Waals surface area contributed by atoms with Gasteiger partial charge >= 0.3 is 0 Å². The number of aliphatic imine (C=N–C) groups is 1. The number of halogens is 1. The summed E-state index contributed by atoms with van der Waals surface area (Å²) in [5.74, 6) is 0.933. The van der Waals surface area contributed by atoms with E-state index in [0.29, 0.717) is 6.04 Å². The number of nitrogens with zero attached hydrogens (tertiary/aromatic N) is 1. The Morgan fingerprint density at radius 3 is 2.48 bits per heavy atom.